The van der Waals surface area contributed by atoms with Crippen molar-refractivity contribution < 1.29 is 8.42 Å². The van der Waals surface area contributed by atoms with Gasteiger partial charge in [0.15, 0.2) is 0 Å². The summed E-state index contributed by atoms with van der Waals surface area (Å²) in [5, 5.41) is 8.64. The van der Waals surface area contributed by atoms with Gasteiger partial charge in [0, 0.05) is 18.0 Å². The summed E-state index contributed by atoms with van der Waals surface area (Å²) in [4.78, 5) is 1.33. The van der Waals surface area contributed by atoms with Crippen molar-refractivity contribution in [2.75, 3.05) is 6.54 Å². The number of hydrogen-bond acceptors (Lipinski definition) is 4. The Morgan fingerprint density at radius 1 is 1.42 bits per heavy atom. The van der Waals surface area contributed by atoms with E-state index >= 15 is 0 Å². The fraction of sp³-hybridized carbons (Fsp3) is 0.417. The van der Waals surface area contributed by atoms with Gasteiger partial charge in [-0.2, -0.15) is 9.40 Å². The molecule has 0 fully saturated rings. The number of nitrogens with zero attached hydrogens (tertiary/aromatic N) is 2. The standard InChI is InChI=1S/C12H17N3O2S2/c1-4-15(8-11-6-5-7-18-11)19(16,17)12-9(2)13-14-10(12)3/h5-7H,4,8H2,1-3H3,(H,13,14). The fourth-order valence-electron chi connectivity index (χ4n) is 1.99. The van der Waals surface area contributed by atoms with Crippen molar-refractivity contribution in [1.82, 2.24) is 14.5 Å². The van der Waals surface area contributed by atoms with E-state index in [0.717, 1.165) is 4.88 Å². The normalized spacial score (nSPS) is 12.2. The molecule has 0 aliphatic carbocycles. The second-order valence-electron chi connectivity index (χ2n) is 4.27. The first kappa shape index (κ1) is 14.2. The molecular weight excluding hydrogens is 282 g/mol. The van der Waals surface area contributed by atoms with Gasteiger partial charge < -0.3 is 0 Å². The number of sulfonamides is 1. The van der Waals surface area contributed by atoms with Crippen LogP contribution in [0.25, 0.3) is 0 Å². The predicted octanol–water partition coefficient (Wildman–Crippen LogP) is 2.30. The zero-order chi connectivity index (χ0) is 14.0. The van der Waals surface area contributed by atoms with Gasteiger partial charge in [-0.15, -0.1) is 11.3 Å². The van der Waals surface area contributed by atoms with E-state index in [1.807, 2.05) is 24.4 Å². The van der Waals surface area contributed by atoms with Crippen molar-refractivity contribution in [3.63, 3.8) is 0 Å². The van der Waals surface area contributed by atoms with Crippen LogP contribution >= 0.6 is 11.3 Å². The Balaban J connectivity index is 2.37. The third kappa shape index (κ3) is 2.72. The molecule has 0 radical (unpaired) electrons. The van der Waals surface area contributed by atoms with Crippen LogP contribution in [0.1, 0.15) is 23.2 Å². The van der Waals surface area contributed by atoms with Crippen LogP contribution in [0.15, 0.2) is 22.4 Å². The summed E-state index contributed by atoms with van der Waals surface area (Å²) in [5.41, 5.74) is 1.10. The first-order valence-corrected chi connectivity index (χ1v) is 8.33. The van der Waals surface area contributed by atoms with Crippen LogP contribution < -0.4 is 0 Å². The molecule has 0 saturated heterocycles. The van der Waals surface area contributed by atoms with Gasteiger partial charge in [0.05, 0.1) is 11.4 Å². The third-order valence-corrected chi connectivity index (χ3v) is 5.97. The molecule has 1 N–H and O–H groups in total. The minimum atomic E-state index is -3.50. The molecule has 19 heavy (non-hydrogen) atoms. The predicted molar refractivity (Wildman–Crippen MR) is 75.7 cm³/mol. The van der Waals surface area contributed by atoms with Crippen LogP contribution in [-0.4, -0.2) is 29.5 Å². The van der Waals surface area contributed by atoms with Gasteiger partial charge in [0.25, 0.3) is 0 Å². The Morgan fingerprint density at radius 3 is 2.63 bits per heavy atom. The molecule has 2 aromatic rings. The number of aromatic amines is 1. The summed E-state index contributed by atoms with van der Waals surface area (Å²) in [7, 11) is -3.50. The van der Waals surface area contributed by atoms with E-state index in [-0.39, 0.29) is 0 Å². The number of rotatable bonds is 5. The molecule has 7 heteroatoms. The number of aryl methyl sites for hydroxylation is 2. The summed E-state index contributed by atoms with van der Waals surface area (Å²) in [5.74, 6) is 0. The molecule has 0 bridgehead atoms. The summed E-state index contributed by atoms with van der Waals surface area (Å²) >= 11 is 1.56. The highest BCUT2D eigenvalue weighted by molar-refractivity contribution is 7.89. The Kier molecular flexibility index (Phi) is 4.07. The minimum absolute atomic E-state index is 0.297. The van der Waals surface area contributed by atoms with E-state index in [0.29, 0.717) is 29.4 Å². The van der Waals surface area contributed by atoms with Crippen molar-refractivity contribution in [3.8, 4) is 0 Å². The van der Waals surface area contributed by atoms with Crippen molar-refractivity contribution >= 4 is 21.4 Å². The lowest BCUT2D eigenvalue weighted by Gasteiger charge is -2.19. The van der Waals surface area contributed by atoms with Crippen LogP contribution in [0, 0.1) is 13.8 Å². The van der Waals surface area contributed by atoms with E-state index in [2.05, 4.69) is 10.2 Å². The Labute approximate surface area is 117 Å². The van der Waals surface area contributed by atoms with Gasteiger partial charge >= 0.3 is 0 Å². The van der Waals surface area contributed by atoms with Gasteiger partial charge in [-0.05, 0) is 25.3 Å². The quantitative estimate of drug-likeness (QED) is 0.921. The molecule has 2 rings (SSSR count). The Morgan fingerprint density at radius 2 is 2.16 bits per heavy atom. The van der Waals surface area contributed by atoms with Crippen molar-refractivity contribution in [2.24, 2.45) is 0 Å². The lowest BCUT2D eigenvalue weighted by molar-refractivity contribution is 0.425. The molecule has 0 aliphatic heterocycles. The zero-order valence-electron chi connectivity index (χ0n) is 11.2. The lowest BCUT2D eigenvalue weighted by atomic mass is 10.4. The van der Waals surface area contributed by atoms with E-state index < -0.39 is 10.0 Å². The molecule has 0 aliphatic rings. The molecule has 0 atom stereocenters. The van der Waals surface area contributed by atoms with Crippen molar-refractivity contribution in [2.45, 2.75) is 32.2 Å². The first-order chi connectivity index (χ1) is 8.96. The topological polar surface area (TPSA) is 66.1 Å². The molecule has 5 nitrogen and oxygen atoms in total. The van der Waals surface area contributed by atoms with E-state index in [1.165, 1.54) is 4.31 Å². The third-order valence-electron chi connectivity index (χ3n) is 2.92. The monoisotopic (exact) mass is 299 g/mol. The maximum absolute atomic E-state index is 12.7. The van der Waals surface area contributed by atoms with Crippen molar-refractivity contribution in [3.05, 3.63) is 33.8 Å². The molecule has 0 aromatic carbocycles. The van der Waals surface area contributed by atoms with Gasteiger partial charge in [0.1, 0.15) is 4.90 Å². The largest absolute Gasteiger partial charge is 0.281 e. The summed E-state index contributed by atoms with van der Waals surface area (Å²) < 4.78 is 26.8. The van der Waals surface area contributed by atoms with Gasteiger partial charge in [-0.1, -0.05) is 13.0 Å². The van der Waals surface area contributed by atoms with Crippen LogP contribution in [0.3, 0.4) is 0 Å². The average Bonchev–Trinajstić information content (AvgIpc) is 2.96. The zero-order valence-corrected chi connectivity index (χ0v) is 12.8. The maximum Gasteiger partial charge on any atom is 0.247 e. The average molecular weight is 299 g/mol. The van der Waals surface area contributed by atoms with Crippen LogP contribution in [0.4, 0.5) is 0 Å². The smallest absolute Gasteiger partial charge is 0.247 e. The van der Waals surface area contributed by atoms with E-state index in [1.54, 1.807) is 25.2 Å². The summed E-state index contributed by atoms with van der Waals surface area (Å²) in [6.07, 6.45) is 0. The second kappa shape index (κ2) is 5.44. The molecule has 2 heterocycles. The molecule has 0 unspecified atom stereocenters. The molecule has 0 amide bonds. The molecule has 104 valence electrons. The highest BCUT2D eigenvalue weighted by Gasteiger charge is 2.28. The molecule has 0 spiro atoms. The number of nitrogens with one attached hydrogen (secondary N) is 1. The molecular formula is C12H17N3O2S2. The molecule has 0 saturated carbocycles. The van der Waals surface area contributed by atoms with Crippen LogP contribution in [0.2, 0.25) is 0 Å². The highest BCUT2D eigenvalue weighted by Crippen LogP contribution is 2.24. The SMILES string of the molecule is CCN(Cc1cccs1)S(=O)(=O)c1c(C)n[nH]c1C. The van der Waals surface area contributed by atoms with E-state index in [4.69, 9.17) is 0 Å². The minimum Gasteiger partial charge on any atom is -0.281 e. The van der Waals surface area contributed by atoms with Crippen molar-refractivity contribution in [1.29, 1.82) is 0 Å². The van der Waals surface area contributed by atoms with Gasteiger partial charge in [-0.25, -0.2) is 8.42 Å². The fourth-order valence-corrected chi connectivity index (χ4v) is 4.55. The number of aromatic nitrogens is 2. The first-order valence-electron chi connectivity index (χ1n) is 6.01. The molecule has 2 aromatic heterocycles. The highest BCUT2D eigenvalue weighted by atomic mass is 32.2. The van der Waals surface area contributed by atoms with Crippen LogP contribution in [0.5, 0.6) is 0 Å². The number of H-pyrrole nitrogens is 1. The van der Waals surface area contributed by atoms with Gasteiger partial charge in [-0.3, -0.25) is 5.10 Å². The maximum atomic E-state index is 12.7. The van der Waals surface area contributed by atoms with E-state index in [9.17, 15) is 8.42 Å². The number of hydrogen-bond donors (Lipinski definition) is 1. The summed E-state index contributed by atoms with van der Waals surface area (Å²) in [6, 6.07) is 3.87. The number of thiophene rings is 1. The van der Waals surface area contributed by atoms with Crippen LogP contribution in [-0.2, 0) is 16.6 Å². The Hall–Kier alpha value is -1.18. The summed E-state index contributed by atoms with van der Waals surface area (Å²) in [6.45, 7) is 6.11. The Bertz CT molecular complexity index is 625. The lowest BCUT2D eigenvalue weighted by Crippen LogP contribution is -2.30. The second-order valence-corrected chi connectivity index (χ2v) is 7.18. The van der Waals surface area contributed by atoms with Gasteiger partial charge in [0.2, 0.25) is 10.0 Å².